The normalized spacial score (nSPS) is 18.7. The molecule has 0 bridgehead atoms. The number of carbonyl (C=O) groups is 2. The molecule has 1 fully saturated rings. The van der Waals surface area contributed by atoms with Crippen LogP contribution in [0.5, 0.6) is 0 Å². The molecule has 0 saturated carbocycles. The first kappa shape index (κ1) is 19.9. The van der Waals surface area contributed by atoms with Gasteiger partial charge in [0.15, 0.2) is 5.17 Å². The first-order valence-corrected chi connectivity index (χ1v) is 10.2. The Labute approximate surface area is 175 Å². The summed E-state index contributed by atoms with van der Waals surface area (Å²) in [5.74, 6) is -0.375. The van der Waals surface area contributed by atoms with Crippen molar-refractivity contribution in [1.82, 2.24) is 4.90 Å². The van der Waals surface area contributed by atoms with Crippen LogP contribution in [0.25, 0.3) is 0 Å². The summed E-state index contributed by atoms with van der Waals surface area (Å²) in [6.45, 7) is 1.91. The molecule has 8 heteroatoms. The van der Waals surface area contributed by atoms with E-state index in [4.69, 9.17) is 11.6 Å². The molecule has 1 aliphatic rings. The summed E-state index contributed by atoms with van der Waals surface area (Å²) in [7, 11) is 1.66. The molecule has 1 unspecified atom stereocenters. The van der Waals surface area contributed by atoms with Crippen molar-refractivity contribution in [2.75, 3.05) is 12.4 Å². The predicted octanol–water partition coefficient (Wildman–Crippen LogP) is 5.00. The summed E-state index contributed by atoms with van der Waals surface area (Å²) >= 11 is 10.8. The van der Waals surface area contributed by atoms with Crippen LogP contribution < -0.4 is 5.32 Å². The monoisotopic (exact) mass is 465 g/mol. The average molecular weight is 467 g/mol. The fourth-order valence-corrected chi connectivity index (χ4v) is 3.92. The molecule has 140 valence electrons. The lowest BCUT2D eigenvalue weighted by Crippen LogP contribution is -2.43. The predicted molar refractivity (Wildman–Crippen MR) is 115 cm³/mol. The molecule has 1 aliphatic heterocycles. The van der Waals surface area contributed by atoms with E-state index in [9.17, 15) is 9.59 Å². The van der Waals surface area contributed by atoms with Gasteiger partial charge in [-0.1, -0.05) is 45.4 Å². The van der Waals surface area contributed by atoms with Gasteiger partial charge in [0.25, 0.3) is 0 Å². The fraction of sp³-hybridized carbons (Fsp3) is 0.211. The third-order valence-electron chi connectivity index (χ3n) is 4.05. The third kappa shape index (κ3) is 4.91. The van der Waals surface area contributed by atoms with Crippen LogP contribution in [0.15, 0.2) is 51.9 Å². The number of hydrogen-bond acceptors (Lipinski definition) is 4. The topological polar surface area (TPSA) is 61.8 Å². The zero-order chi connectivity index (χ0) is 19.6. The number of amidine groups is 1. The number of carbonyl (C=O) groups excluding carboxylic acids is 2. The van der Waals surface area contributed by atoms with Gasteiger partial charge in [0.2, 0.25) is 11.8 Å². The zero-order valence-electron chi connectivity index (χ0n) is 14.7. The lowest BCUT2D eigenvalue weighted by atomic mass is 10.2. The second kappa shape index (κ2) is 8.46. The van der Waals surface area contributed by atoms with Gasteiger partial charge in [-0.3, -0.25) is 14.5 Å². The summed E-state index contributed by atoms with van der Waals surface area (Å²) in [5.41, 5.74) is 2.27. The van der Waals surface area contributed by atoms with Gasteiger partial charge in [0.05, 0.1) is 5.69 Å². The molecule has 2 aromatic carbocycles. The molecular weight excluding hydrogens is 450 g/mol. The molecule has 27 heavy (non-hydrogen) atoms. The lowest BCUT2D eigenvalue weighted by molar-refractivity contribution is -0.128. The lowest BCUT2D eigenvalue weighted by Gasteiger charge is -2.28. The van der Waals surface area contributed by atoms with Crippen molar-refractivity contribution in [2.24, 2.45) is 4.99 Å². The summed E-state index contributed by atoms with van der Waals surface area (Å²) < 4.78 is 0.926. The van der Waals surface area contributed by atoms with E-state index in [0.717, 1.165) is 10.0 Å². The Balaban J connectivity index is 1.78. The average Bonchev–Trinajstić information content (AvgIpc) is 2.63. The highest BCUT2D eigenvalue weighted by molar-refractivity contribution is 9.10. The number of rotatable bonds is 3. The SMILES string of the molecule is Cc1ccc(N=C2SC(C(=O)Nc3ccc(Br)cc3)CC(=O)N2C)cc1Cl. The fourth-order valence-electron chi connectivity index (χ4n) is 2.42. The van der Waals surface area contributed by atoms with Gasteiger partial charge >= 0.3 is 0 Å². The van der Waals surface area contributed by atoms with E-state index in [1.807, 2.05) is 31.2 Å². The van der Waals surface area contributed by atoms with Crippen molar-refractivity contribution in [3.05, 3.63) is 57.5 Å². The highest BCUT2D eigenvalue weighted by Crippen LogP contribution is 2.30. The minimum absolute atomic E-state index is 0.122. The van der Waals surface area contributed by atoms with Gasteiger partial charge in [-0.05, 0) is 48.9 Å². The Morgan fingerprint density at radius 3 is 2.67 bits per heavy atom. The molecule has 2 aromatic rings. The second-order valence-electron chi connectivity index (χ2n) is 6.09. The number of aliphatic imine (C=N–C) groups is 1. The number of anilines is 1. The smallest absolute Gasteiger partial charge is 0.238 e. The van der Waals surface area contributed by atoms with Gasteiger partial charge in [-0.15, -0.1) is 0 Å². The number of nitrogens with one attached hydrogen (secondary N) is 1. The second-order valence-corrected chi connectivity index (χ2v) is 8.58. The maximum Gasteiger partial charge on any atom is 0.238 e. The van der Waals surface area contributed by atoms with Crippen LogP contribution in [0.4, 0.5) is 11.4 Å². The molecule has 2 amide bonds. The highest BCUT2D eigenvalue weighted by Gasteiger charge is 2.34. The molecule has 1 atom stereocenters. The van der Waals surface area contributed by atoms with Crippen LogP contribution in [-0.2, 0) is 9.59 Å². The maximum atomic E-state index is 12.6. The van der Waals surface area contributed by atoms with Crippen LogP contribution in [0.2, 0.25) is 5.02 Å². The van der Waals surface area contributed by atoms with Gasteiger partial charge in [0.1, 0.15) is 5.25 Å². The Bertz CT molecular complexity index is 918. The third-order valence-corrected chi connectivity index (χ3v) is 6.23. The van der Waals surface area contributed by atoms with Gasteiger partial charge in [-0.25, -0.2) is 4.99 Å². The summed E-state index contributed by atoms with van der Waals surface area (Å²) in [6.07, 6.45) is 0.122. The first-order valence-electron chi connectivity index (χ1n) is 8.18. The minimum atomic E-state index is -0.544. The van der Waals surface area contributed by atoms with E-state index in [1.165, 1.54) is 16.7 Å². The molecule has 3 rings (SSSR count). The van der Waals surface area contributed by atoms with Crippen molar-refractivity contribution < 1.29 is 9.59 Å². The van der Waals surface area contributed by atoms with Crippen LogP contribution in [0.3, 0.4) is 0 Å². The van der Waals surface area contributed by atoms with Gasteiger partial charge < -0.3 is 5.32 Å². The van der Waals surface area contributed by atoms with E-state index in [-0.39, 0.29) is 18.2 Å². The molecule has 0 aromatic heterocycles. The number of benzene rings is 2. The van der Waals surface area contributed by atoms with E-state index >= 15 is 0 Å². The number of nitrogens with zero attached hydrogens (tertiary/aromatic N) is 2. The summed E-state index contributed by atoms with van der Waals surface area (Å²) in [5, 5.41) is 3.39. The van der Waals surface area contributed by atoms with Crippen molar-refractivity contribution in [2.45, 2.75) is 18.6 Å². The van der Waals surface area contributed by atoms with Crippen LogP contribution in [-0.4, -0.2) is 34.2 Å². The van der Waals surface area contributed by atoms with Crippen molar-refractivity contribution >= 4 is 67.6 Å². The van der Waals surface area contributed by atoms with Crippen LogP contribution in [0.1, 0.15) is 12.0 Å². The Morgan fingerprint density at radius 2 is 2.00 bits per heavy atom. The quantitative estimate of drug-likeness (QED) is 0.692. The van der Waals surface area contributed by atoms with E-state index in [1.54, 1.807) is 25.2 Å². The molecule has 0 radical (unpaired) electrons. The number of thioether (sulfide) groups is 1. The number of amides is 2. The minimum Gasteiger partial charge on any atom is -0.325 e. The maximum absolute atomic E-state index is 12.6. The Morgan fingerprint density at radius 1 is 1.30 bits per heavy atom. The van der Waals surface area contributed by atoms with E-state index in [0.29, 0.717) is 21.6 Å². The standard InChI is InChI=1S/C19H17BrClN3O2S/c1-11-3-6-14(9-15(11)21)23-19-24(2)17(25)10-16(27-19)18(26)22-13-7-4-12(20)5-8-13/h3-9,16H,10H2,1-2H3,(H,22,26). The number of aryl methyl sites for hydroxylation is 1. The summed E-state index contributed by atoms with van der Waals surface area (Å²) in [6, 6.07) is 12.7. The van der Waals surface area contributed by atoms with Crippen LogP contribution in [0, 0.1) is 6.92 Å². The van der Waals surface area contributed by atoms with Crippen molar-refractivity contribution in [3.63, 3.8) is 0 Å². The molecule has 5 nitrogen and oxygen atoms in total. The molecular formula is C19H17BrClN3O2S. The van der Waals surface area contributed by atoms with Crippen molar-refractivity contribution in [1.29, 1.82) is 0 Å². The summed E-state index contributed by atoms with van der Waals surface area (Å²) in [4.78, 5) is 30.9. The Hall–Kier alpha value is -1.83. The van der Waals surface area contributed by atoms with Gasteiger partial charge in [-0.2, -0.15) is 0 Å². The largest absolute Gasteiger partial charge is 0.325 e. The van der Waals surface area contributed by atoms with Crippen LogP contribution >= 0.6 is 39.3 Å². The van der Waals surface area contributed by atoms with Crippen molar-refractivity contribution in [3.8, 4) is 0 Å². The molecule has 0 spiro atoms. The Kier molecular flexibility index (Phi) is 6.24. The molecule has 1 saturated heterocycles. The van der Waals surface area contributed by atoms with Gasteiger partial charge in [0, 0.05) is 28.7 Å². The molecule has 1 heterocycles. The van der Waals surface area contributed by atoms with E-state index in [2.05, 4.69) is 26.2 Å². The van der Waals surface area contributed by atoms with E-state index < -0.39 is 5.25 Å². The molecule has 0 aliphatic carbocycles. The number of halogens is 2. The molecule has 1 N–H and O–H groups in total. The zero-order valence-corrected chi connectivity index (χ0v) is 17.9. The number of hydrogen-bond donors (Lipinski definition) is 1. The first-order chi connectivity index (χ1) is 12.8. The highest BCUT2D eigenvalue weighted by atomic mass is 79.9.